The van der Waals surface area contributed by atoms with Gasteiger partial charge in [0.1, 0.15) is 11.9 Å². The van der Waals surface area contributed by atoms with Crippen molar-refractivity contribution in [1.29, 1.82) is 0 Å². The van der Waals surface area contributed by atoms with E-state index in [0.717, 1.165) is 6.07 Å². The third-order valence-electron chi connectivity index (χ3n) is 2.52. The first-order chi connectivity index (χ1) is 9.37. The number of rotatable bonds is 3. The third kappa shape index (κ3) is 3.45. The van der Waals surface area contributed by atoms with Gasteiger partial charge in [-0.3, -0.25) is 9.97 Å². The van der Waals surface area contributed by atoms with E-state index in [-0.39, 0.29) is 11.3 Å². The predicted molar refractivity (Wildman–Crippen MR) is 64.0 cm³/mol. The summed E-state index contributed by atoms with van der Waals surface area (Å²) in [5.41, 5.74) is 0.762. The number of aliphatic hydroxyl groups is 1. The first-order valence-corrected chi connectivity index (χ1v) is 5.68. The summed E-state index contributed by atoms with van der Waals surface area (Å²) < 4.78 is 40.8. The van der Waals surface area contributed by atoms with Crippen molar-refractivity contribution in [2.75, 3.05) is 0 Å². The fraction of sp³-hybridized carbons (Fsp3) is 0.231. The zero-order valence-corrected chi connectivity index (χ0v) is 10.4. The Balaban J connectivity index is 2.34. The van der Waals surface area contributed by atoms with Crippen LogP contribution in [0.15, 0.2) is 36.7 Å². The highest BCUT2D eigenvalue weighted by Gasteiger charge is 2.33. The number of ether oxygens (including phenoxy) is 1. The van der Waals surface area contributed by atoms with Crippen LogP contribution in [0, 0.1) is 6.92 Å². The van der Waals surface area contributed by atoms with Gasteiger partial charge in [-0.2, -0.15) is 0 Å². The molecule has 1 aromatic carbocycles. The van der Waals surface area contributed by atoms with E-state index in [1.165, 1.54) is 30.6 Å². The lowest BCUT2D eigenvalue weighted by Gasteiger charge is -2.16. The molecule has 20 heavy (non-hydrogen) atoms. The van der Waals surface area contributed by atoms with Gasteiger partial charge >= 0.3 is 6.36 Å². The van der Waals surface area contributed by atoms with E-state index in [2.05, 4.69) is 14.7 Å². The van der Waals surface area contributed by atoms with Crippen molar-refractivity contribution in [1.82, 2.24) is 9.97 Å². The number of halogens is 3. The minimum absolute atomic E-state index is 0.0250. The van der Waals surface area contributed by atoms with Crippen LogP contribution >= 0.6 is 0 Å². The Morgan fingerprint density at radius 3 is 2.45 bits per heavy atom. The Morgan fingerprint density at radius 2 is 1.85 bits per heavy atom. The van der Waals surface area contributed by atoms with Crippen LogP contribution in [-0.2, 0) is 0 Å². The van der Waals surface area contributed by atoms with E-state index in [0.29, 0.717) is 5.69 Å². The molecule has 1 aromatic heterocycles. The molecule has 0 radical (unpaired) electrons. The molecule has 0 aliphatic heterocycles. The number of aromatic nitrogens is 2. The summed E-state index contributed by atoms with van der Waals surface area (Å²) >= 11 is 0. The number of aliphatic hydroxyl groups excluding tert-OH is 1. The largest absolute Gasteiger partial charge is 0.573 e. The fourth-order valence-electron chi connectivity index (χ4n) is 1.63. The van der Waals surface area contributed by atoms with Crippen LogP contribution in [0.5, 0.6) is 5.75 Å². The van der Waals surface area contributed by atoms with Crippen molar-refractivity contribution < 1.29 is 23.0 Å². The Hall–Kier alpha value is -2.15. The maximum Gasteiger partial charge on any atom is 0.573 e. The molecular formula is C13H11F3N2O2. The molecule has 1 atom stereocenters. The monoisotopic (exact) mass is 284 g/mol. The van der Waals surface area contributed by atoms with E-state index in [9.17, 15) is 18.3 Å². The Labute approximate surface area is 112 Å². The van der Waals surface area contributed by atoms with E-state index >= 15 is 0 Å². The predicted octanol–water partition coefficient (Wildman–Crippen LogP) is 2.77. The van der Waals surface area contributed by atoms with Crippen molar-refractivity contribution in [3.8, 4) is 5.75 Å². The normalized spacial score (nSPS) is 13.1. The van der Waals surface area contributed by atoms with Crippen LogP contribution < -0.4 is 4.74 Å². The highest BCUT2D eigenvalue weighted by Crippen LogP contribution is 2.32. The first kappa shape index (κ1) is 14.3. The van der Waals surface area contributed by atoms with Gasteiger partial charge in [-0.25, -0.2) is 0 Å². The first-order valence-electron chi connectivity index (χ1n) is 5.68. The van der Waals surface area contributed by atoms with E-state index in [1.807, 2.05) is 0 Å². The summed E-state index contributed by atoms with van der Waals surface area (Å²) in [6, 6.07) is 5.36. The molecule has 0 amide bonds. The minimum atomic E-state index is -4.82. The molecule has 0 aliphatic rings. The van der Waals surface area contributed by atoms with Gasteiger partial charge in [0.15, 0.2) is 0 Å². The molecule has 1 unspecified atom stereocenters. The number of nitrogens with zero attached hydrogens (tertiary/aromatic N) is 2. The fourth-order valence-corrected chi connectivity index (χ4v) is 1.63. The molecule has 106 valence electrons. The lowest BCUT2D eigenvalue weighted by Crippen LogP contribution is -2.19. The van der Waals surface area contributed by atoms with Crippen LogP contribution in [0.3, 0.4) is 0 Å². The number of hydrogen-bond acceptors (Lipinski definition) is 4. The van der Waals surface area contributed by atoms with Gasteiger partial charge in [-0.05, 0) is 13.0 Å². The number of benzene rings is 1. The second kappa shape index (κ2) is 5.46. The lowest BCUT2D eigenvalue weighted by molar-refractivity contribution is -0.275. The van der Waals surface area contributed by atoms with Gasteiger partial charge in [0.2, 0.25) is 0 Å². The Kier molecular flexibility index (Phi) is 3.89. The molecule has 2 aromatic rings. The maximum absolute atomic E-state index is 12.3. The van der Waals surface area contributed by atoms with Gasteiger partial charge in [0, 0.05) is 11.8 Å². The average molecular weight is 284 g/mol. The topological polar surface area (TPSA) is 55.2 Å². The summed E-state index contributed by atoms with van der Waals surface area (Å²) in [6.07, 6.45) is -3.44. The van der Waals surface area contributed by atoms with E-state index < -0.39 is 18.2 Å². The molecule has 1 N–H and O–H groups in total. The van der Waals surface area contributed by atoms with Gasteiger partial charge < -0.3 is 9.84 Å². The standard InChI is InChI=1S/C13H11F3N2O2/c1-8-6-18-10(7-17-8)12(19)9-4-2-3-5-11(9)20-13(14,15)16/h2-7,12,19H,1H3. The smallest absolute Gasteiger partial charge is 0.405 e. The molecule has 7 heteroatoms. The second-order valence-corrected chi connectivity index (χ2v) is 4.07. The van der Waals surface area contributed by atoms with Gasteiger partial charge in [-0.15, -0.1) is 13.2 Å². The lowest BCUT2D eigenvalue weighted by atomic mass is 10.1. The number of aryl methyl sites for hydroxylation is 1. The summed E-state index contributed by atoms with van der Waals surface area (Å²) in [7, 11) is 0. The van der Waals surface area contributed by atoms with Crippen molar-refractivity contribution in [3.05, 3.63) is 53.6 Å². The zero-order valence-electron chi connectivity index (χ0n) is 10.4. The van der Waals surface area contributed by atoms with E-state index in [1.54, 1.807) is 6.92 Å². The van der Waals surface area contributed by atoms with E-state index in [4.69, 9.17) is 0 Å². The molecule has 0 fully saturated rings. The molecule has 0 saturated heterocycles. The minimum Gasteiger partial charge on any atom is -0.405 e. The van der Waals surface area contributed by atoms with Crippen molar-refractivity contribution in [2.45, 2.75) is 19.4 Å². The SMILES string of the molecule is Cc1cnc(C(O)c2ccccc2OC(F)(F)F)cn1. The van der Waals surface area contributed by atoms with Gasteiger partial charge in [-0.1, -0.05) is 18.2 Å². The summed E-state index contributed by atoms with van der Waals surface area (Å²) in [4.78, 5) is 7.89. The molecule has 0 aliphatic carbocycles. The third-order valence-corrected chi connectivity index (χ3v) is 2.52. The van der Waals surface area contributed by atoms with Crippen molar-refractivity contribution >= 4 is 0 Å². The highest BCUT2D eigenvalue weighted by molar-refractivity contribution is 5.38. The zero-order chi connectivity index (χ0) is 14.8. The van der Waals surface area contributed by atoms with Crippen molar-refractivity contribution in [3.63, 3.8) is 0 Å². The maximum atomic E-state index is 12.3. The Bertz CT molecular complexity index is 585. The number of para-hydroxylation sites is 1. The number of hydrogen-bond donors (Lipinski definition) is 1. The molecule has 0 saturated carbocycles. The van der Waals surface area contributed by atoms with Crippen LogP contribution in [0.25, 0.3) is 0 Å². The molecule has 4 nitrogen and oxygen atoms in total. The molecule has 0 spiro atoms. The summed E-state index contributed by atoms with van der Waals surface area (Å²) in [5, 5.41) is 10.1. The van der Waals surface area contributed by atoms with Crippen molar-refractivity contribution in [2.24, 2.45) is 0 Å². The highest BCUT2D eigenvalue weighted by atomic mass is 19.4. The molecule has 0 bridgehead atoms. The summed E-state index contributed by atoms with van der Waals surface area (Å²) in [5.74, 6) is -0.463. The van der Waals surface area contributed by atoms with Crippen LogP contribution in [0.4, 0.5) is 13.2 Å². The molecule has 1 heterocycles. The quantitative estimate of drug-likeness (QED) is 0.941. The molecular weight excluding hydrogens is 273 g/mol. The molecule has 2 rings (SSSR count). The second-order valence-electron chi connectivity index (χ2n) is 4.07. The average Bonchev–Trinajstić information content (AvgIpc) is 2.37. The van der Waals surface area contributed by atoms with Crippen LogP contribution in [0.2, 0.25) is 0 Å². The van der Waals surface area contributed by atoms with Gasteiger partial charge in [0.25, 0.3) is 0 Å². The van der Waals surface area contributed by atoms with Crippen LogP contribution in [0.1, 0.15) is 23.1 Å². The van der Waals surface area contributed by atoms with Gasteiger partial charge in [0.05, 0.1) is 17.6 Å². The summed E-state index contributed by atoms with van der Waals surface area (Å²) in [6.45, 7) is 1.71. The van der Waals surface area contributed by atoms with Crippen LogP contribution in [-0.4, -0.2) is 21.4 Å². The Morgan fingerprint density at radius 1 is 1.15 bits per heavy atom. The number of alkyl halides is 3.